The van der Waals surface area contributed by atoms with Crippen LogP contribution in [0.15, 0.2) is 60.7 Å². The molecule has 2 aromatic rings. The van der Waals surface area contributed by atoms with E-state index in [0.29, 0.717) is 10.6 Å². The number of hydrogen-bond donors (Lipinski definition) is 1. The molecule has 0 bridgehead atoms. The van der Waals surface area contributed by atoms with Crippen molar-refractivity contribution >= 4 is 40.0 Å². The van der Waals surface area contributed by atoms with Gasteiger partial charge in [-0.3, -0.25) is 4.79 Å². The van der Waals surface area contributed by atoms with Gasteiger partial charge in [-0.1, -0.05) is 60.7 Å². The second-order valence-electron chi connectivity index (χ2n) is 3.99. The second kappa shape index (κ2) is 5.98. The maximum absolute atomic E-state index is 13.4. The molecule has 0 aliphatic carbocycles. The molecule has 0 aliphatic heterocycles. The molecule has 100 valence electrons. The van der Waals surface area contributed by atoms with Crippen molar-refractivity contribution in [2.45, 2.75) is 0 Å². The van der Waals surface area contributed by atoms with Crippen LogP contribution in [0.25, 0.3) is 0 Å². The Kier molecular flexibility index (Phi) is 4.31. The third kappa shape index (κ3) is 2.50. The van der Waals surface area contributed by atoms with Crippen LogP contribution in [0, 0.1) is 5.53 Å². The Labute approximate surface area is 121 Å². The van der Waals surface area contributed by atoms with Crippen LogP contribution in [-0.4, -0.2) is 15.5 Å². The molecular weight excluding hydrogens is 295 g/mol. The first-order valence-electron chi connectivity index (χ1n) is 5.77. The average Bonchev–Trinajstić information content (AvgIpc) is 2.49. The summed E-state index contributed by atoms with van der Waals surface area (Å²) < 4.78 is 13.4. The third-order valence-electron chi connectivity index (χ3n) is 2.82. The third-order valence-corrected chi connectivity index (χ3v) is 6.08. The van der Waals surface area contributed by atoms with Gasteiger partial charge >= 0.3 is 10.7 Å². The van der Waals surface area contributed by atoms with Gasteiger partial charge in [-0.15, -0.1) is 0 Å². The van der Waals surface area contributed by atoms with Crippen LogP contribution in [0.3, 0.4) is 0 Å². The topological polar surface area (TPSA) is 72.1 Å². The highest BCUT2D eigenvalue weighted by molar-refractivity contribution is 7.95. The predicted molar refractivity (Wildman–Crippen MR) is 78.6 cm³/mol. The number of hydrogen-bond acceptors (Lipinski definition) is 3. The fourth-order valence-corrected chi connectivity index (χ4v) is 4.67. The molecular formula is C14H11ClN2O2P+. The standard InChI is InChI=1S/C14H11ClN2O2P/c15-13(18)14(17-16)20(19,11-7-3-1-4-8-11)12-9-5-2-6-10-12/h1-10,16H/q+1. The van der Waals surface area contributed by atoms with Crippen molar-refractivity contribution in [2.24, 2.45) is 0 Å². The summed E-state index contributed by atoms with van der Waals surface area (Å²) in [5, 5.41) is -0.131. The lowest BCUT2D eigenvalue weighted by atomic mass is 10.4. The molecule has 0 spiro atoms. The van der Waals surface area contributed by atoms with E-state index in [1.54, 1.807) is 60.7 Å². The zero-order valence-electron chi connectivity index (χ0n) is 10.4. The van der Waals surface area contributed by atoms with Crippen LogP contribution in [0.5, 0.6) is 0 Å². The summed E-state index contributed by atoms with van der Waals surface area (Å²) in [5.74, 6) is 0. The molecule has 0 saturated carbocycles. The molecule has 0 saturated heterocycles. The van der Waals surface area contributed by atoms with E-state index < -0.39 is 17.8 Å². The van der Waals surface area contributed by atoms with E-state index >= 15 is 0 Å². The summed E-state index contributed by atoms with van der Waals surface area (Å²) in [6.07, 6.45) is 0. The Bertz CT molecular complexity index is 682. The fourth-order valence-electron chi connectivity index (χ4n) is 1.91. The summed E-state index contributed by atoms with van der Waals surface area (Å²) >= 11 is 5.47. The maximum Gasteiger partial charge on any atom is 0.462 e. The number of nitrogens with one attached hydrogen (secondary N) is 1. The lowest BCUT2D eigenvalue weighted by molar-refractivity contribution is -0.129. The number of carbonyl (C=O) groups is 1. The van der Waals surface area contributed by atoms with Crippen molar-refractivity contribution < 1.29 is 14.1 Å². The Morgan fingerprint density at radius 3 is 1.65 bits per heavy atom. The van der Waals surface area contributed by atoms with Gasteiger partial charge in [0.25, 0.3) is 7.14 Å². The summed E-state index contributed by atoms with van der Waals surface area (Å²) in [6, 6.07) is 17.0. The number of benzene rings is 2. The van der Waals surface area contributed by atoms with E-state index in [-0.39, 0.29) is 0 Å². The second-order valence-corrected chi connectivity index (χ2v) is 7.01. The van der Waals surface area contributed by atoms with E-state index in [1.165, 1.54) is 0 Å². The molecule has 2 aromatic carbocycles. The first kappa shape index (κ1) is 14.4. The molecule has 0 unspecified atom stereocenters. The van der Waals surface area contributed by atoms with Gasteiger partial charge in [-0.2, -0.15) is 0 Å². The van der Waals surface area contributed by atoms with Crippen molar-refractivity contribution in [1.29, 1.82) is 5.53 Å². The molecule has 0 heterocycles. The van der Waals surface area contributed by atoms with Crippen LogP contribution < -0.4 is 10.6 Å². The maximum atomic E-state index is 13.4. The van der Waals surface area contributed by atoms with Gasteiger partial charge in [0.1, 0.15) is 0 Å². The van der Waals surface area contributed by atoms with Gasteiger partial charge in [-0.25, -0.2) is 0 Å². The van der Waals surface area contributed by atoms with Crippen molar-refractivity contribution in [2.75, 3.05) is 0 Å². The smallest absolute Gasteiger partial charge is 0.300 e. The highest BCUT2D eigenvalue weighted by Crippen LogP contribution is 2.44. The first-order chi connectivity index (χ1) is 9.60. The molecule has 1 N–H and O–H groups in total. The number of rotatable bonds is 4. The van der Waals surface area contributed by atoms with Crippen molar-refractivity contribution in [3.8, 4) is 0 Å². The number of carbonyl (C=O) groups excluding carboxylic acids is 1. The van der Waals surface area contributed by atoms with Crippen LogP contribution >= 0.6 is 18.7 Å². The Morgan fingerprint density at radius 1 is 0.950 bits per heavy atom. The Morgan fingerprint density at radius 2 is 1.35 bits per heavy atom. The molecule has 0 aromatic heterocycles. The first-order valence-corrected chi connectivity index (χ1v) is 7.85. The monoisotopic (exact) mass is 305 g/mol. The van der Waals surface area contributed by atoms with E-state index in [4.69, 9.17) is 17.1 Å². The highest BCUT2D eigenvalue weighted by Gasteiger charge is 2.46. The molecule has 6 heteroatoms. The zero-order chi connectivity index (χ0) is 14.6. The normalized spacial score (nSPS) is 10.7. The summed E-state index contributed by atoms with van der Waals surface area (Å²) in [5.41, 5.74) is 6.72. The molecule has 0 radical (unpaired) electrons. The molecule has 2 rings (SSSR count). The van der Waals surface area contributed by atoms with E-state index in [2.05, 4.69) is 4.79 Å². The van der Waals surface area contributed by atoms with Crippen LogP contribution in [0.1, 0.15) is 0 Å². The van der Waals surface area contributed by atoms with Crippen molar-refractivity contribution in [3.05, 3.63) is 60.7 Å². The summed E-state index contributed by atoms with van der Waals surface area (Å²) in [6.45, 7) is 0. The van der Waals surface area contributed by atoms with Crippen LogP contribution in [0.2, 0.25) is 0 Å². The van der Waals surface area contributed by atoms with E-state index in [0.717, 1.165) is 0 Å². The summed E-state index contributed by atoms with van der Waals surface area (Å²) in [7, 11) is -3.51. The van der Waals surface area contributed by atoms with Gasteiger partial charge in [-0.05, 0) is 11.6 Å². The fraction of sp³-hybridized carbons (Fsp3) is 0. The van der Waals surface area contributed by atoms with Crippen LogP contribution in [-0.2, 0) is 9.36 Å². The molecule has 4 nitrogen and oxygen atoms in total. The minimum absolute atomic E-state index is 0.422. The minimum Gasteiger partial charge on any atom is -0.300 e. The SMILES string of the molecule is N=[N+]=C(C(=O)Cl)P(=O)(c1ccccc1)c1ccccc1. The molecule has 0 aliphatic rings. The van der Waals surface area contributed by atoms with Gasteiger partial charge < -0.3 is 4.57 Å². The van der Waals surface area contributed by atoms with Gasteiger partial charge in [0, 0.05) is 10.6 Å². The van der Waals surface area contributed by atoms with Crippen LogP contribution in [0.4, 0.5) is 0 Å². The van der Waals surface area contributed by atoms with Crippen molar-refractivity contribution in [3.63, 3.8) is 0 Å². The van der Waals surface area contributed by atoms with E-state index in [1.807, 2.05) is 0 Å². The van der Waals surface area contributed by atoms with Gasteiger partial charge in [0.2, 0.25) is 0 Å². The van der Waals surface area contributed by atoms with Gasteiger partial charge in [0.15, 0.2) is 0 Å². The highest BCUT2D eigenvalue weighted by atomic mass is 35.5. The quantitative estimate of drug-likeness (QED) is 0.310. The minimum atomic E-state index is -3.51. The Hall–Kier alpha value is -1.99. The number of nitrogens with zero attached hydrogens (tertiary/aromatic N) is 1. The summed E-state index contributed by atoms with van der Waals surface area (Å²) in [4.78, 5) is 14.6. The molecule has 0 atom stereocenters. The molecule has 0 fully saturated rings. The van der Waals surface area contributed by atoms with E-state index in [9.17, 15) is 9.36 Å². The lowest BCUT2D eigenvalue weighted by Crippen LogP contribution is -2.26. The number of halogens is 1. The van der Waals surface area contributed by atoms with Crippen molar-refractivity contribution in [1.82, 2.24) is 0 Å². The molecule has 20 heavy (non-hydrogen) atoms. The average molecular weight is 306 g/mol. The largest absolute Gasteiger partial charge is 0.462 e. The lowest BCUT2D eigenvalue weighted by Gasteiger charge is -2.12. The molecule has 0 amide bonds. The predicted octanol–water partition coefficient (Wildman–Crippen LogP) is 2.40. The van der Waals surface area contributed by atoms with Gasteiger partial charge in [0.05, 0.1) is 10.3 Å². The Balaban J connectivity index is 2.78. The zero-order valence-corrected chi connectivity index (χ0v) is 12.0.